The molecule has 1 aromatic rings. The topological polar surface area (TPSA) is 49.5 Å². The first kappa shape index (κ1) is 14.3. The molecular formula is C13H21ClN2O. The van der Waals surface area contributed by atoms with Crippen molar-refractivity contribution in [3.05, 3.63) is 28.8 Å². The Bertz CT molecular complexity index is 385. The normalized spacial score (nSPS) is 13.6. The molecule has 0 aliphatic carbocycles. The molecule has 0 amide bonds. The average Bonchev–Trinajstić information content (AvgIpc) is 2.14. The minimum atomic E-state index is -0.752. The molecule has 1 aromatic carbocycles. The number of rotatable bonds is 4. The van der Waals surface area contributed by atoms with Crippen LogP contribution in [0.1, 0.15) is 32.4 Å². The monoisotopic (exact) mass is 256 g/mol. The number of hydrogen-bond donors (Lipinski definition) is 2. The minimum absolute atomic E-state index is 0.0267. The van der Waals surface area contributed by atoms with Gasteiger partial charge in [-0.05, 0) is 38.5 Å². The summed E-state index contributed by atoms with van der Waals surface area (Å²) in [5, 5.41) is 10.4. The van der Waals surface area contributed by atoms with Crippen molar-refractivity contribution in [1.29, 1.82) is 0 Å². The first-order chi connectivity index (χ1) is 7.70. The lowest BCUT2D eigenvalue weighted by Gasteiger charge is -2.28. The second-order valence-electron chi connectivity index (χ2n) is 5.17. The molecule has 4 heteroatoms. The molecular weight excluding hydrogens is 236 g/mol. The fraction of sp³-hybridized carbons (Fsp3) is 0.538. The molecule has 0 aliphatic rings. The van der Waals surface area contributed by atoms with Crippen molar-refractivity contribution in [2.45, 2.75) is 32.4 Å². The summed E-state index contributed by atoms with van der Waals surface area (Å²) in [6.07, 6.45) is 0. The van der Waals surface area contributed by atoms with Gasteiger partial charge in [-0.3, -0.25) is 0 Å². The highest BCUT2D eigenvalue weighted by Crippen LogP contribution is 2.28. The zero-order chi connectivity index (χ0) is 13.2. The van der Waals surface area contributed by atoms with Gasteiger partial charge in [0.15, 0.2) is 0 Å². The highest BCUT2D eigenvalue weighted by Gasteiger charge is 2.17. The van der Waals surface area contributed by atoms with Gasteiger partial charge >= 0.3 is 0 Å². The van der Waals surface area contributed by atoms with Crippen molar-refractivity contribution >= 4 is 17.3 Å². The minimum Gasteiger partial charge on any atom is -0.389 e. The van der Waals surface area contributed by atoms with Crippen LogP contribution in [0.3, 0.4) is 0 Å². The van der Waals surface area contributed by atoms with Gasteiger partial charge in [-0.2, -0.15) is 0 Å². The van der Waals surface area contributed by atoms with Crippen molar-refractivity contribution in [2.24, 2.45) is 5.73 Å². The Morgan fingerprint density at radius 1 is 1.47 bits per heavy atom. The molecule has 1 rings (SSSR count). The molecule has 0 fully saturated rings. The molecule has 0 saturated heterocycles. The molecule has 96 valence electrons. The zero-order valence-electron chi connectivity index (χ0n) is 10.9. The fourth-order valence-electron chi connectivity index (χ4n) is 1.78. The van der Waals surface area contributed by atoms with E-state index >= 15 is 0 Å². The fourth-order valence-corrected chi connectivity index (χ4v) is 2.11. The lowest BCUT2D eigenvalue weighted by Crippen LogP contribution is -2.36. The van der Waals surface area contributed by atoms with Crippen molar-refractivity contribution in [3.8, 4) is 0 Å². The Kier molecular flexibility index (Phi) is 4.42. The molecule has 0 saturated carbocycles. The molecule has 0 heterocycles. The third-order valence-electron chi connectivity index (χ3n) is 2.53. The first-order valence-electron chi connectivity index (χ1n) is 5.69. The van der Waals surface area contributed by atoms with Gasteiger partial charge in [0.25, 0.3) is 0 Å². The standard InChI is InChI=1S/C13H21ClN2O/c1-9(15)10-5-6-12(11(14)7-10)16(4)8-13(2,3)17/h5-7,9,17H,8,15H2,1-4H3/t9-/m0/s1. The second-order valence-corrected chi connectivity index (χ2v) is 5.58. The number of nitrogens with two attached hydrogens (primary N) is 1. The quantitative estimate of drug-likeness (QED) is 0.871. The summed E-state index contributed by atoms with van der Waals surface area (Å²) in [7, 11) is 1.91. The smallest absolute Gasteiger partial charge is 0.0765 e. The summed E-state index contributed by atoms with van der Waals surface area (Å²) in [6.45, 7) is 5.98. The van der Waals surface area contributed by atoms with E-state index in [1.807, 2.05) is 37.1 Å². The van der Waals surface area contributed by atoms with Crippen LogP contribution in [0.15, 0.2) is 18.2 Å². The zero-order valence-corrected chi connectivity index (χ0v) is 11.6. The molecule has 0 bridgehead atoms. The Labute approximate surface area is 108 Å². The number of nitrogens with zero attached hydrogens (tertiary/aromatic N) is 1. The summed E-state index contributed by atoms with van der Waals surface area (Å²) in [6, 6.07) is 5.75. The van der Waals surface area contributed by atoms with E-state index < -0.39 is 5.60 Å². The van der Waals surface area contributed by atoms with E-state index in [9.17, 15) is 5.11 Å². The average molecular weight is 257 g/mol. The number of halogens is 1. The lowest BCUT2D eigenvalue weighted by molar-refractivity contribution is 0.0886. The van der Waals surface area contributed by atoms with Gasteiger partial charge < -0.3 is 15.7 Å². The van der Waals surface area contributed by atoms with Gasteiger partial charge in [-0.1, -0.05) is 17.7 Å². The Balaban J connectivity index is 2.92. The van der Waals surface area contributed by atoms with Gasteiger partial charge in [-0.25, -0.2) is 0 Å². The number of anilines is 1. The summed E-state index contributed by atoms with van der Waals surface area (Å²) >= 11 is 6.22. The van der Waals surface area contributed by atoms with E-state index in [4.69, 9.17) is 17.3 Å². The maximum atomic E-state index is 9.78. The van der Waals surface area contributed by atoms with Crippen LogP contribution in [0.2, 0.25) is 5.02 Å². The van der Waals surface area contributed by atoms with Gasteiger partial charge in [-0.15, -0.1) is 0 Å². The third-order valence-corrected chi connectivity index (χ3v) is 2.84. The van der Waals surface area contributed by atoms with Crippen LogP contribution in [-0.2, 0) is 0 Å². The van der Waals surface area contributed by atoms with Crippen LogP contribution >= 0.6 is 11.6 Å². The lowest BCUT2D eigenvalue weighted by atomic mass is 10.1. The SMILES string of the molecule is C[C@H](N)c1ccc(N(C)CC(C)(C)O)c(Cl)c1. The molecule has 0 spiro atoms. The number of benzene rings is 1. The van der Waals surface area contributed by atoms with Gasteiger partial charge in [0, 0.05) is 19.6 Å². The molecule has 3 N–H and O–H groups in total. The highest BCUT2D eigenvalue weighted by molar-refractivity contribution is 6.33. The largest absolute Gasteiger partial charge is 0.389 e. The molecule has 0 radical (unpaired) electrons. The maximum absolute atomic E-state index is 9.78. The number of aliphatic hydroxyl groups is 1. The molecule has 0 aromatic heterocycles. The Morgan fingerprint density at radius 3 is 2.47 bits per heavy atom. The molecule has 0 unspecified atom stereocenters. The Hall–Kier alpha value is -0.770. The van der Waals surface area contributed by atoms with Crippen LogP contribution in [0, 0.1) is 0 Å². The van der Waals surface area contributed by atoms with Crippen molar-refractivity contribution in [1.82, 2.24) is 0 Å². The van der Waals surface area contributed by atoms with Crippen LogP contribution in [0.25, 0.3) is 0 Å². The van der Waals surface area contributed by atoms with E-state index in [1.165, 1.54) is 0 Å². The summed E-state index contributed by atoms with van der Waals surface area (Å²) in [5.41, 5.74) is 6.96. The van der Waals surface area contributed by atoms with Gasteiger partial charge in [0.1, 0.15) is 0 Å². The van der Waals surface area contributed by atoms with Crippen LogP contribution in [0.5, 0.6) is 0 Å². The van der Waals surface area contributed by atoms with E-state index in [-0.39, 0.29) is 6.04 Å². The number of hydrogen-bond acceptors (Lipinski definition) is 3. The predicted molar refractivity (Wildman–Crippen MR) is 73.6 cm³/mol. The summed E-state index contributed by atoms with van der Waals surface area (Å²) in [4.78, 5) is 1.94. The third kappa shape index (κ3) is 4.19. The number of likely N-dealkylation sites (N-methyl/N-ethyl adjacent to an activating group) is 1. The van der Waals surface area contributed by atoms with E-state index in [2.05, 4.69) is 0 Å². The maximum Gasteiger partial charge on any atom is 0.0765 e. The predicted octanol–water partition coefficient (Wildman–Crippen LogP) is 2.57. The van der Waals surface area contributed by atoms with Crippen LogP contribution in [-0.4, -0.2) is 24.3 Å². The van der Waals surface area contributed by atoms with Crippen molar-refractivity contribution in [3.63, 3.8) is 0 Å². The van der Waals surface area contributed by atoms with Crippen molar-refractivity contribution in [2.75, 3.05) is 18.5 Å². The van der Waals surface area contributed by atoms with E-state index in [0.717, 1.165) is 11.3 Å². The summed E-state index contributed by atoms with van der Waals surface area (Å²) < 4.78 is 0. The first-order valence-corrected chi connectivity index (χ1v) is 6.07. The molecule has 1 atom stereocenters. The van der Waals surface area contributed by atoms with Crippen LogP contribution in [0.4, 0.5) is 5.69 Å². The van der Waals surface area contributed by atoms with Gasteiger partial charge in [0.05, 0.1) is 16.3 Å². The molecule has 3 nitrogen and oxygen atoms in total. The van der Waals surface area contributed by atoms with Crippen molar-refractivity contribution < 1.29 is 5.11 Å². The Morgan fingerprint density at radius 2 is 2.06 bits per heavy atom. The van der Waals surface area contributed by atoms with E-state index in [0.29, 0.717) is 11.6 Å². The molecule has 17 heavy (non-hydrogen) atoms. The highest BCUT2D eigenvalue weighted by atomic mass is 35.5. The summed E-state index contributed by atoms with van der Waals surface area (Å²) in [5.74, 6) is 0. The van der Waals surface area contributed by atoms with Gasteiger partial charge in [0.2, 0.25) is 0 Å². The second kappa shape index (κ2) is 5.25. The molecule has 0 aliphatic heterocycles. The van der Waals surface area contributed by atoms with Crippen LogP contribution < -0.4 is 10.6 Å². The van der Waals surface area contributed by atoms with E-state index in [1.54, 1.807) is 13.8 Å².